The highest BCUT2D eigenvalue weighted by atomic mass is 35.5. The van der Waals surface area contributed by atoms with E-state index in [1.54, 1.807) is 13.2 Å². The molecule has 0 aromatic heterocycles. The van der Waals surface area contributed by atoms with E-state index in [4.69, 9.17) is 25.8 Å². The van der Waals surface area contributed by atoms with Crippen LogP contribution in [0.1, 0.15) is 18.1 Å². The quantitative estimate of drug-likeness (QED) is 0.460. The average molecular weight is 416 g/mol. The lowest BCUT2D eigenvalue weighted by atomic mass is 10.2. The summed E-state index contributed by atoms with van der Waals surface area (Å²) in [6.45, 7) is 3.30. The fraction of sp³-hybridized carbons (Fsp3) is 0.217. The molecule has 1 N–H and O–H groups in total. The summed E-state index contributed by atoms with van der Waals surface area (Å²) in [6.07, 6.45) is 0. The van der Waals surface area contributed by atoms with Crippen LogP contribution in [0, 0.1) is 5.82 Å². The lowest BCUT2D eigenvalue weighted by molar-refractivity contribution is 0.269. The minimum Gasteiger partial charge on any atom is -0.497 e. The third kappa shape index (κ3) is 5.78. The van der Waals surface area contributed by atoms with Crippen molar-refractivity contribution in [3.8, 4) is 17.2 Å². The monoisotopic (exact) mass is 415 g/mol. The molecule has 0 aliphatic heterocycles. The molecule has 0 aliphatic rings. The SMILES string of the molecule is CCOc1cc(CNc2ccc(OC)cc2)ccc1OCc1ccc(F)cc1Cl. The Balaban J connectivity index is 1.67. The maximum Gasteiger partial charge on any atom is 0.161 e. The van der Waals surface area contributed by atoms with Crippen LogP contribution in [0.2, 0.25) is 5.02 Å². The molecule has 3 aromatic rings. The van der Waals surface area contributed by atoms with Crippen LogP contribution >= 0.6 is 11.6 Å². The van der Waals surface area contributed by atoms with Crippen molar-refractivity contribution in [1.29, 1.82) is 0 Å². The third-order valence-electron chi connectivity index (χ3n) is 4.29. The number of halogens is 2. The van der Waals surface area contributed by atoms with Gasteiger partial charge in [-0.05, 0) is 61.0 Å². The molecule has 0 aliphatic carbocycles. The Kier molecular flexibility index (Phi) is 7.19. The van der Waals surface area contributed by atoms with Gasteiger partial charge in [-0.1, -0.05) is 23.7 Å². The van der Waals surface area contributed by atoms with Gasteiger partial charge in [0, 0.05) is 17.8 Å². The van der Waals surface area contributed by atoms with Crippen molar-refractivity contribution in [2.75, 3.05) is 19.0 Å². The summed E-state index contributed by atoms with van der Waals surface area (Å²) in [5, 5.41) is 3.70. The van der Waals surface area contributed by atoms with Crippen molar-refractivity contribution in [1.82, 2.24) is 0 Å². The highest BCUT2D eigenvalue weighted by Gasteiger charge is 2.09. The van der Waals surface area contributed by atoms with Gasteiger partial charge < -0.3 is 19.5 Å². The molecule has 0 radical (unpaired) electrons. The van der Waals surface area contributed by atoms with E-state index in [0.717, 1.165) is 17.0 Å². The number of benzene rings is 3. The summed E-state index contributed by atoms with van der Waals surface area (Å²) < 4.78 is 30.0. The number of anilines is 1. The first-order valence-corrected chi connectivity index (χ1v) is 9.67. The summed E-state index contributed by atoms with van der Waals surface area (Å²) >= 11 is 6.07. The van der Waals surface area contributed by atoms with E-state index < -0.39 is 0 Å². The number of methoxy groups -OCH3 is 1. The first-order chi connectivity index (χ1) is 14.1. The lowest BCUT2D eigenvalue weighted by Crippen LogP contribution is -2.03. The van der Waals surface area contributed by atoms with Gasteiger partial charge in [-0.15, -0.1) is 0 Å². The van der Waals surface area contributed by atoms with Crippen LogP contribution in [0.3, 0.4) is 0 Å². The molecule has 4 nitrogen and oxygen atoms in total. The van der Waals surface area contributed by atoms with Crippen molar-refractivity contribution >= 4 is 17.3 Å². The Hall–Kier alpha value is -2.92. The molecule has 0 saturated carbocycles. The Labute approximate surface area is 175 Å². The molecule has 3 rings (SSSR count). The molecule has 0 bridgehead atoms. The zero-order chi connectivity index (χ0) is 20.6. The predicted octanol–water partition coefficient (Wildman–Crippen LogP) is 6.08. The first-order valence-electron chi connectivity index (χ1n) is 9.29. The van der Waals surface area contributed by atoms with Gasteiger partial charge in [0.25, 0.3) is 0 Å². The summed E-state index contributed by atoms with van der Waals surface area (Å²) in [7, 11) is 1.64. The van der Waals surface area contributed by atoms with E-state index in [-0.39, 0.29) is 12.4 Å². The molecule has 0 heterocycles. The molecule has 0 amide bonds. The Morgan fingerprint density at radius 1 is 0.931 bits per heavy atom. The van der Waals surface area contributed by atoms with Gasteiger partial charge >= 0.3 is 0 Å². The molecule has 0 fully saturated rings. The molecular weight excluding hydrogens is 393 g/mol. The van der Waals surface area contributed by atoms with Crippen LogP contribution in [0.4, 0.5) is 10.1 Å². The van der Waals surface area contributed by atoms with Crippen LogP contribution in [-0.2, 0) is 13.2 Å². The van der Waals surface area contributed by atoms with Crippen LogP contribution in [0.25, 0.3) is 0 Å². The van der Waals surface area contributed by atoms with Gasteiger partial charge in [-0.2, -0.15) is 0 Å². The van der Waals surface area contributed by atoms with Crippen molar-refractivity contribution in [3.63, 3.8) is 0 Å². The van der Waals surface area contributed by atoms with E-state index in [0.29, 0.717) is 35.2 Å². The molecule has 0 atom stereocenters. The van der Waals surface area contributed by atoms with Crippen molar-refractivity contribution in [2.45, 2.75) is 20.1 Å². The number of ether oxygens (including phenoxy) is 3. The third-order valence-corrected chi connectivity index (χ3v) is 4.64. The molecule has 0 unspecified atom stereocenters. The number of hydrogen-bond acceptors (Lipinski definition) is 4. The van der Waals surface area contributed by atoms with Gasteiger partial charge in [0.1, 0.15) is 18.2 Å². The van der Waals surface area contributed by atoms with Crippen molar-refractivity contribution in [3.05, 3.63) is 82.6 Å². The number of hydrogen-bond donors (Lipinski definition) is 1. The smallest absolute Gasteiger partial charge is 0.161 e. The van der Waals surface area contributed by atoms with E-state index in [1.165, 1.54) is 12.1 Å². The summed E-state index contributed by atoms with van der Waals surface area (Å²) in [5.41, 5.74) is 2.76. The Morgan fingerprint density at radius 2 is 1.72 bits per heavy atom. The van der Waals surface area contributed by atoms with Crippen LogP contribution in [0.5, 0.6) is 17.2 Å². The second-order valence-electron chi connectivity index (χ2n) is 6.32. The fourth-order valence-electron chi connectivity index (χ4n) is 2.76. The Bertz CT molecular complexity index is 947. The second-order valence-corrected chi connectivity index (χ2v) is 6.73. The molecular formula is C23H23ClFNO3. The zero-order valence-electron chi connectivity index (χ0n) is 16.4. The molecule has 152 valence electrons. The Morgan fingerprint density at radius 3 is 2.41 bits per heavy atom. The van der Waals surface area contributed by atoms with Gasteiger partial charge in [0.2, 0.25) is 0 Å². The minimum absolute atomic E-state index is 0.225. The second kappa shape index (κ2) is 10.0. The highest BCUT2D eigenvalue weighted by molar-refractivity contribution is 6.31. The summed E-state index contributed by atoms with van der Waals surface area (Å²) in [4.78, 5) is 0. The average Bonchev–Trinajstić information content (AvgIpc) is 2.73. The number of nitrogens with one attached hydrogen (secondary N) is 1. The summed E-state index contributed by atoms with van der Waals surface area (Å²) in [5.74, 6) is 1.71. The van der Waals surface area contributed by atoms with E-state index in [1.807, 2.05) is 49.4 Å². The molecule has 0 saturated heterocycles. The standard InChI is InChI=1S/C23H23ClFNO3/c1-3-28-23-12-16(14-26-19-7-9-20(27-2)10-8-19)4-11-22(23)29-15-17-5-6-18(25)13-21(17)24/h4-13,26H,3,14-15H2,1-2H3. The van der Waals surface area contributed by atoms with Crippen LogP contribution < -0.4 is 19.5 Å². The minimum atomic E-state index is -0.373. The fourth-order valence-corrected chi connectivity index (χ4v) is 2.98. The van der Waals surface area contributed by atoms with Gasteiger partial charge in [-0.3, -0.25) is 0 Å². The maximum absolute atomic E-state index is 13.2. The van der Waals surface area contributed by atoms with Gasteiger partial charge in [0.05, 0.1) is 18.7 Å². The topological polar surface area (TPSA) is 39.7 Å². The van der Waals surface area contributed by atoms with E-state index >= 15 is 0 Å². The molecule has 0 spiro atoms. The molecule has 6 heteroatoms. The maximum atomic E-state index is 13.2. The first kappa shape index (κ1) is 20.8. The van der Waals surface area contributed by atoms with Crippen LogP contribution in [-0.4, -0.2) is 13.7 Å². The highest BCUT2D eigenvalue weighted by Crippen LogP contribution is 2.30. The largest absolute Gasteiger partial charge is 0.497 e. The lowest BCUT2D eigenvalue weighted by Gasteiger charge is -2.15. The van der Waals surface area contributed by atoms with Crippen molar-refractivity contribution in [2.24, 2.45) is 0 Å². The predicted molar refractivity (Wildman–Crippen MR) is 114 cm³/mol. The van der Waals surface area contributed by atoms with E-state index in [9.17, 15) is 4.39 Å². The van der Waals surface area contributed by atoms with Gasteiger partial charge in [-0.25, -0.2) is 4.39 Å². The normalized spacial score (nSPS) is 10.5. The van der Waals surface area contributed by atoms with Crippen LogP contribution in [0.15, 0.2) is 60.7 Å². The van der Waals surface area contributed by atoms with E-state index in [2.05, 4.69) is 5.32 Å². The number of rotatable bonds is 9. The van der Waals surface area contributed by atoms with Gasteiger partial charge in [0.15, 0.2) is 11.5 Å². The molecule has 3 aromatic carbocycles. The zero-order valence-corrected chi connectivity index (χ0v) is 17.1. The van der Waals surface area contributed by atoms with Crippen molar-refractivity contribution < 1.29 is 18.6 Å². The molecule has 29 heavy (non-hydrogen) atoms. The summed E-state index contributed by atoms with van der Waals surface area (Å²) in [6, 6.07) is 17.8.